The molecule has 1 aromatic rings. The van der Waals surface area contributed by atoms with Gasteiger partial charge in [0, 0.05) is 18.1 Å². The fraction of sp³-hybridized carbons (Fsp3) is 0.125. The predicted octanol–water partition coefficient (Wildman–Crippen LogP) is 1.28. The largest absolute Gasteiger partial charge is 0.465 e. The van der Waals surface area contributed by atoms with Crippen molar-refractivity contribution < 1.29 is 9.90 Å². The van der Waals surface area contributed by atoms with E-state index in [4.69, 9.17) is 5.11 Å². The van der Waals surface area contributed by atoms with Crippen molar-refractivity contribution in [1.29, 1.82) is 0 Å². The Morgan fingerprint density at radius 1 is 1.67 bits per heavy atom. The number of hydrogen-bond donors (Lipinski definition) is 2. The van der Waals surface area contributed by atoms with Crippen LogP contribution in [0, 0.1) is 0 Å². The number of nitrogens with zero attached hydrogens (tertiary/aromatic N) is 1. The van der Waals surface area contributed by atoms with Crippen LogP contribution in [0.25, 0.3) is 6.20 Å². The zero-order valence-electron chi connectivity index (χ0n) is 6.27. The average molecular weight is 164 g/mol. The molecule has 0 radical (unpaired) electrons. The second-order valence-electron chi connectivity index (χ2n) is 2.61. The van der Waals surface area contributed by atoms with E-state index in [2.05, 4.69) is 5.32 Å². The standard InChI is InChI=1S/C8H8N2O2/c11-8(12)9-6-3-5-10-4-1-2-7(6)10/h1-6,9H,(H,11,12). The van der Waals surface area contributed by atoms with Crippen LogP contribution in [-0.4, -0.2) is 15.8 Å². The fourth-order valence-corrected chi connectivity index (χ4v) is 1.34. The molecule has 0 saturated carbocycles. The summed E-state index contributed by atoms with van der Waals surface area (Å²) < 4.78 is 1.89. The lowest BCUT2D eigenvalue weighted by Gasteiger charge is -2.07. The highest BCUT2D eigenvalue weighted by Gasteiger charge is 2.17. The van der Waals surface area contributed by atoms with Crippen molar-refractivity contribution in [3.63, 3.8) is 0 Å². The van der Waals surface area contributed by atoms with E-state index in [0.717, 1.165) is 5.69 Å². The summed E-state index contributed by atoms with van der Waals surface area (Å²) in [6.07, 6.45) is 4.54. The smallest absolute Gasteiger partial charge is 0.405 e. The van der Waals surface area contributed by atoms with E-state index in [1.165, 1.54) is 0 Å². The van der Waals surface area contributed by atoms with Gasteiger partial charge in [-0.05, 0) is 18.2 Å². The summed E-state index contributed by atoms with van der Waals surface area (Å²) in [5, 5.41) is 10.9. The second kappa shape index (κ2) is 2.41. The van der Waals surface area contributed by atoms with Gasteiger partial charge in [-0.25, -0.2) is 4.79 Å². The summed E-state index contributed by atoms with van der Waals surface area (Å²) in [6, 6.07) is 3.58. The van der Waals surface area contributed by atoms with Crippen LogP contribution in [0.2, 0.25) is 0 Å². The number of carbonyl (C=O) groups is 1. The number of fused-ring (bicyclic) bond motifs is 1. The van der Waals surface area contributed by atoms with Crippen molar-refractivity contribution in [2.24, 2.45) is 0 Å². The summed E-state index contributed by atoms with van der Waals surface area (Å²) in [5.41, 5.74) is 0.956. The van der Waals surface area contributed by atoms with E-state index in [1.54, 1.807) is 0 Å². The molecule has 0 aliphatic carbocycles. The van der Waals surface area contributed by atoms with Gasteiger partial charge in [-0.2, -0.15) is 0 Å². The van der Waals surface area contributed by atoms with Gasteiger partial charge in [0.2, 0.25) is 0 Å². The van der Waals surface area contributed by atoms with Gasteiger partial charge in [0.25, 0.3) is 0 Å². The van der Waals surface area contributed by atoms with E-state index in [-0.39, 0.29) is 6.04 Å². The zero-order valence-corrected chi connectivity index (χ0v) is 6.27. The van der Waals surface area contributed by atoms with Crippen molar-refractivity contribution >= 4 is 12.3 Å². The molecule has 0 fully saturated rings. The van der Waals surface area contributed by atoms with Crippen LogP contribution in [0.15, 0.2) is 24.4 Å². The number of carboxylic acid groups (broad SMARTS) is 1. The van der Waals surface area contributed by atoms with Gasteiger partial charge in [0.1, 0.15) is 0 Å². The minimum Gasteiger partial charge on any atom is -0.465 e. The molecule has 0 saturated heterocycles. The van der Waals surface area contributed by atoms with E-state index in [9.17, 15) is 4.79 Å². The molecule has 4 heteroatoms. The molecule has 4 nitrogen and oxygen atoms in total. The average Bonchev–Trinajstić information content (AvgIpc) is 2.52. The van der Waals surface area contributed by atoms with Crippen LogP contribution in [0.3, 0.4) is 0 Å². The van der Waals surface area contributed by atoms with Crippen LogP contribution in [-0.2, 0) is 0 Å². The van der Waals surface area contributed by atoms with E-state index in [1.807, 2.05) is 35.2 Å². The van der Waals surface area contributed by atoms with Crippen molar-refractivity contribution in [3.8, 4) is 0 Å². The Hall–Kier alpha value is -1.71. The SMILES string of the molecule is O=C(O)NC1C=Cn2cccc21. The first-order valence-electron chi connectivity index (χ1n) is 3.62. The molecule has 2 rings (SSSR count). The highest BCUT2D eigenvalue weighted by Crippen LogP contribution is 2.21. The van der Waals surface area contributed by atoms with Crippen molar-refractivity contribution in [2.45, 2.75) is 6.04 Å². The number of aromatic nitrogens is 1. The highest BCUT2D eigenvalue weighted by atomic mass is 16.4. The lowest BCUT2D eigenvalue weighted by atomic mass is 10.2. The van der Waals surface area contributed by atoms with Crippen LogP contribution in [0.4, 0.5) is 4.79 Å². The Kier molecular flexibility index (Phi) is 1.40. The minimum absolute atomic E-state index is 0.197. The molecule has 0 bridgehead atoms. The summed E-state index contributed by atoms with van der Waals surface area (Å²) in [7, 11) is 0. The van der Waals surface area contributed by atoms with E-state index >= 15 is 0 Å². The van der Waals surface area contributed by atoms with E-state index in [0.29, 0.717) is 0 Å². The van der Waals surface area contributed by atoms with Crippen molar-refractivity contribution in [1.82, 2.24) is 9.88 Å². The third-order valence-electron chi connectivity index (χ3n) is 1.85. The van der Waals surface area contributed by atoms with Crippen LogP contribution in [0.5, 0.6) is 0 Å². The molecule has 1 amide bonds. The molecule has 0 spiro atoms. The Bertz CT molecular complexity index is 341. The first-order valence-corrected chi connectivity index (χ1v) is 3.62. The van der Waals surface area contributed by atoms with Crippen molar-refractivity contribution in [3.05, 3.63) is 30.1 Å². The maximum atomic E-state index is 10.3. The third kappa shape index (κ3) is 0.972. The molecule has 0 aromatic carbocycles. The molecule has 12 heavy (non-hydrogen) atoms. The number of hydrogen-bond acceptors (Lipinski definition) is 1. The molecule has 1 aromatic heterocycles. The Morgan fingerprint density at radius 2 is 2.50 bits per heavy atom. The molecule has 1 aliphatic heterocycles. The molecule has 62 valence electrons. The monoisotopic (exact) mass is 164 g/mol. The maximum Gasteiger partial charge on any atom is 0.405 e. The predicted molar refractivity (Wildman–Crippen MR) is 43.7 cm³/mol. The number of amides is 1. The van der Waals surface area contributed by atoms with Crippen molar-refractivity contribution in [2.75, 3.05) is 0 Å². The van der Waals surface area contributed by atoms with Gasteiger partial charge in [-0.1, -0.05) is 0 Å². The van der Waals surface area contributed by atoms with Gasteiger partial charge in [-0.3, -0.25) is 0 Å². The summed E-state index contributed by atoms with van der Waals surface area (Å²) in [4.78, 5) is 10.3. The quantitative estimate of drug-likeness (QED) is 0.656. The van der Waals surface area contributed by atoms with Crippen LogP contribution >= 0.6 is 0 Å². The maximum absolute atomic E-state index is 10.3. The summed E-state index contributed by atoms with van der Waals surface area (Å²) in [5.74, 6) is 0. The summed E-state index contributed by atoms with van der Waals surface area (Å²) >= 11 is 0. The Labute approximate surface area is 69.1 Å². The molecule has 1 unspecified atom stereocenters. The topological polar surface area (TPSA) is 54.3 Å². The Balaban J connectivity index is 2.23. The molecular formula is C8H8N2O2. The zero-order chi connectivity index (χ0) is 8.55. The Morgan fingerprint density at radius 3 is 3.25 bits per heavy atom. The minimum atomic E-state index is -1.00. The molecular weight excluding hydrogens is 156 g/mol. The molecule has 1 aliphatic rings. The lowest BCUT2D eigenvalue weighted by Crippen LogP contribution is -2.24. The number of nitrogens with one attached hydrogen (secondary N) is 1. The summed E-state index contributed by atoms with van der Waals surface area (Å²) in [6.45, 7) is 0. The van der Waals surface area contributed by atoms with Gasteiger partial charge in [0.05, 0.1) is 6.04 Å². The molecule has 2 N–H and O–H groups in total. The molecule has 2 heterocycles. The van der Waals surface area contributed by atoms with Gasteiger partial charge >= 0.3 is 6.09 Å². The fourth-order valence-electron chi connectivity index (χ4n) is 1.34. The molecule has 1 atom stereocenters. The third-order valence-corrected chi connectivity index (χ3v) is 1.85. The first-order chi connectivity index (χ1) is 5.77. The first kappa shape index (κ1) is 6.97. The van der Waals surface area contributed by atoms with Gasteiger partial charge in [-0.15, -0.1) is 0 Å². The normalized spacial score (nSPS) is 19.2. The highest BCUT2D eigenvalue weighted by molar-refractivity contribution is 5.66. The van der Waals surface area contributed by atoms with Crippen LogP contribution in [0.1, 0.15) is 11.7 Å². The number of rotatable bonds is 1. The second-order valence-corrected chi connectivity index (χ2v) is 2.61. The lowest BCUT2D eigenvalue weighted by molar-refractivity contribution is 0.192. The van der Waals surface area contributed by atoms with Crippen LogP contribution < -0.4 is 5.32 Å². The van der Waals surface area contributed by atoms with Gasteiger partial charge in [0.15, 0.2) is 0 Å². The van der Waals surface area contributed by atoms with Gasteiger partial charge < -0.3 is 15.0 Å². The van der Waals surface area contributed by atoms with E-state index < -0.39 is 6.09 Å².